The molecule has 13 nitrogen and oxygen atoms in total. The molecule has 4 aromatic carbocycles. The summed E-state index contributed by atoms with van der Waals surface area (Å²) in [6.07, 6.45) is -10.3. The maximum Gasteiger partial charge on any atom is 0.418 e. The predicted octanol–water partition coefficient (Wildman–Crippen LogP) is 7.25. The molecule has 0 aliphatic rings. The fourth-order valence-electron chi connectivity index (χ4n) is 7.15. The lowest BCUT2D eigenvalue weighted by atomic mass is 9.98. The van der Waals surface area contributed by atoms with Crippen LogP contribution in [-0.4, -0.2) is 56.2 Å². The SMILES string of the molecule is Cc1c(C(=O)Nc2ccc(S(N)(=O)=O)cc2)cc(CCF)n1-c1ccc(F)cc1C(F)(F)F.Cc1c(C(N)=O)c(-c2ccc(S(N)(=O)=O)cc2)c(CCO)n1-c1ccc(F)cc1C(F)(F)F. The van der Waals surface area contributed by atoms with Gasteiger partial charge in [-0.05, 0) is 98.3 Å². The number of alkyl halides is 7. The van der Waals surface area contributed by atoms with Gasteiger partial charge in [-0.15, -0.1) is 0 Å². The molecule has 0 aliphatic heterocycles. The minimum absolute atomic E-state index is 0.0357. The van der Waals surface area contributed by atoms with Crippen molar-refractivity contribution in [1.82, 2.24) is 9.13 Å². The molecule has 2 amide bonds. The van der Waals surface area contributed by atoms with Crippen molar-refractivity contribution in [3.63, 3.8) is 0 Å². The Morgan fingerprint density at radius 1 is 0.682 bits per heavy atom. The molecule has 2 aromatic heterocycles. The van der Waals surface area contributed by atoms with E-state index in [9.17, 15) is 71.0 Å². The van der Waals surface area contributed by atoms with Gasteiger partial charge in [0.1, 0.15) is 11.6 Å². The Morgan fingerprint density at radius 2 is 1.15 bits per heavy atom. The molecule has 66 heavy (non-hydrogen) atoms. The number of aryl methyl sites for hydroxylation is 1. The van der Waals surface area contributed by atoms with Gasteiger partial charge < -0.3 is 25.3 Å². The number of hydrogen-bond acceptors (Lipinski definition) is 7. The van der Waals surface area contributed by atoms with Gasteiger partial charge in [-0.25, -0.2) is 35.9 Å². The summed E-state index contributed by atoms with van der Waals surface area (Å²) < 4.78 is 170. The summed E-state index contributed by atoms with van der Waals surface area (Å²) in [5.74, 6) is -3.87. The summed E-state index contributed by atoms with van der Waals surface area (Å²) in [4.78, 5) is 24.7. The lowest BCUT2D eigenvalue weighted by molar-refractivity contribution is -0.138. The average Bonchev–Trinajstić information content (AvgIpc) is 3.69. The molecule has 2 heterocycles. The average molecular weight is 973 g/mol. The molecule has 6 rings (SSSR count). The molecule has 0 atom stereocenters. The number of aromatic nitrogens is 2. The van der Waals surface area contributed by atoms with Crippen molar-refractivity contribution < 1.29 is 71.0 Å². The Morgan fingerprint density at radius 3 is 1.58 bits per heavy atom. The number of nitrogens with one attached hydrogen (secondary N) is 1. The minimum Gasteiger partial charge on any atom is -0.396 e. The number of nitrogens with zero attached hydrogens (tertiary/aromatic N) is 2. The number of hydrogen-bond donors (Lipinski definition) is 5. The third-order valence-corrected chi connectivity index (χ3v) is 11.8. The third kappa shape index (κ3) is 11.0. The number of carbonyl (C=O) groups is 2. The lowest BCUT2D eigenvalue weighted by Crippen LogP contribution is -2.16. The van der Waals surface area contributed by atoms with Crippen molar-refractivity contribution in [3.05, 3.63) is 148 Å². The summed E-state index contributed by atoms with van der Waals surface area (Å²) in [6, 6.07) is 15.4. The van der Waals surface area contributed by atoms with E-state index in [1.165, 1.54) is 68.4 Å². The van der Waals surface area contributed by atoms with Crippen LogP contribution in [0, 0.1) is 25.5 Å². The number of nitrogens with two attached hydrogens (primary N) is 3. The van der Waals surface area contributed by atoms with Crippen LogP contribution in [0.3, 0.4) is 0 Å². The first-order chi connectivity index (χ1) is 30.6. The smallest absolute Gasteiger partial charge is 0.396 e. The number of anilines is 1. The molecular formula is C42H37F9N6O7S2. The quantitative estimate of drug-likeness (QED) is 0.0790. The number of primary sulfonamides is 2. The van der Waals surface area contributed by atoms with Crippen LogP contribution in [0.2, 0.25) is 0 Å². The number of aliphatic hydroxyl groups is 1. The standard InChI is InChI=1S/C21H18F5N3O3S.C21H19F4N3O4S/c1-12-17(20(30)28-14-3-5-16(6-4-14)33(27,31)32)11-15(8-9-22)29(12)19-7-2-13(23)10-18(19)21(24,25)26;1-11-18(20(26)30)19(12-2-5-14(6-3-12)33(27,31)32)17(8-9-29)28(11)16-7-4-13(22)10-15(16)21(23,24)25/h2-7,10-11H,8-9H2,1H3,(H,28,30)(H2,27,31,32);2-7,10,29H,8-9H2,1H3,(H2,26,30)(H2,27,31,32). The molecule has 352 valence electrons. The largest absolute Gasteiger partial charge is 0.418 e. The van der Waals surface area contributed by atoms with E-state index in [2.05, 4.69) is 5.32 Å². The zero-order chi connectivity index (χ0) is 49.3. The van der Waals surface area contributed by atoms with E-state index in [0.29, 0.717) is 12.1 Å². The second kappa shape index (κ2) is 19.2. The molecule has 6 aromatic rings. The van der Waals surface area contributed by atoms with Crippen molar-refractivity contribution in [2.24, 2.45) is 16.0 Å². The van der Waals surface area contributed by atoms with Gasteiger partial charge in [0.25, 0.3) is 11.8 Å². The summed E-state index contributed by atoms with van der Waals surface area (Å²) in [6.45, 7) is 1.35. The maximum atomic E-state index is 13.7. The summed E-state index contributed by atoms with van der Waals surface area (Å²) in [7, 11) is -7.95. The van der Waals surface area contributed by atoms with Crippen LogP contribution in [0.25, 0.3) is 22.5 Å². The highest BCUT2D eigenvalue weighted by molar-refractivity contribution is 7.89. The van der Waals surface area contributed by atoms with Crippen LogP contribution in [0.5, 0.6) is 0 Å². The highest BCUT2D eigenvalue weighted by atomic mass is 32.2. The monoisotopic (exact) mass is 972 g/mol. The second-order valence-electron chi connectivity index (χ2n) is 14.3. The van der Waals surface area contributed by atoms with Crippen molar-refractivity contribution in [1.29, 1.82) is 0 Å². The van der Waals surface area contributed by atoms with E-state index < -0.39 is 91.6 Å². The lowest BCUT2D eigenvalue weighted by Gasteiger charge is -2.18. The van der Waals surface area contributed by atoms with E-state index in [0.717, 1.165) is 33.4 Å². The van der Waals surface area contributed by atoms with Crippen LogP contribution >= 0.6 is 0 Å². The Labute approximate surface area is 370 Å². The van der Waals surface area contributed by atoms with Crippen molar-refractivity contribution in [2.75, 3.05) is 18.6 Å². The maximum absolute atomic E-state index is 13.7. The molecule has 0 radical (unpaired) electrons. The Bertz CT molecular complexity index is 3040. The molecule has 0 bridgehead atoms. The first-order valence-electron chi connectivity index (χ1n) is 18.8. The van der Waals surface area contributed by atoms with Gasteiger partial charge in [-0.3, -0.25) is 14.0 Å². The molecule has 0 fully saturated rings. The number of amides is 2. The van der Waals surface area contributed by atoms with E-state index in [4.69, 9.17) is 16.0 Å². The summed E-state index contributed by atoms with van der Waals surface area (Å²) >= 11 is 0. The molecule has 0 saturated heterocycles. The van der Waals surface area contributed by atoms with Gasteiger partial charge in [-0.2, -0.15) is 26.3 Å². The van der Waals surface area contributed by atoms with E-state index in [1.54, 1.807) is 0 Å². The van der Waals surface area contributed by atoms with Gasteiger partial charge >= 0.3 is 12.4 Å². The second-order valence-corrected chi connectivity index (χ2v) is 17.4. The summed E-state index contributed by atoms with van der Waals surface area (Å²) in [5.41, 5.74) is 2.80. The Kier molecular flexibility index (Phi) is 14.7. The molecular weight excluding hydrogens is 936 g/mol. The highest BCUT2D eigenvalue weighted by Crippen LogP contribution is 2.41. The normalized spacial score (nSPS) is 12.2. The molecule has 0 spiro atoms. The fourth-order valence-corrected chi connectivity index (χ4v) is 8.18. The first-order valence-corrected chi connectivity index (χ1v) is 21.9. The summed E-state index contributed by atoms with van der Waals surface area (Å²) in [5, 5.41) is 22.2. The molecule has 24 heteroatoms. The number of sulfonamides is 2. The molecule has 0 unspecified atom stereocenters. The Balaban J connectivity index is 0.000000247. The van der Waals surface area contributed by atoms with E-state index in [-0.39, 0.29) is 73.3 Å². The zero-order valence-electron chi connectivity index (χ0n) is 34.2. The van der Waals surface area contributed by atoms with Crippen molar-refractivity contribution in [2.45, 2.75) is 48.8 Å². The van der Waals surface area contributed by atoms with E-state index in [1.807, 2.05) is 0 Å². The minimum atomic E-state index is -4.92. The van der Waals surface area contributed by atoms with Crippen LogP contribution in [0.4, 0.5) is 45.2 Å². The number of rotatable bonds is 12. The Hall–Kier alpha value is -6.47. The van der Waals surface area contributed by atoms with Crippen LogP contribution in [-0.2, 0) is 45.2 Å². The molecule has 0 aliphatic carbocycles. The number of carbonyl (C=O) groups excluding carboxylic acids is 2. The van der Waals surface area contributed by atoms with Crippen molar-refractivity contribution in [3.8, 4) is 22.5 Å². The van der Waals surface area contributed by atoms with Crippen LogP contribution < -0.4 is 21.3 Å². The van der Waals surface area contributed by atoms with Gasteiger partial charge in [0, 0.05) is 53.5 Å². The van der Waals surface area contributed by atoms with E-state index >= 15 is 0 Å². The van der Waals surface area contributed by atoms with Crippen molar-refractivity contribution >= 4 is 37.5 Å². The van der Waals surface area contributed by atoms with Gasteiger partial charge in [0.15, 0.2) is 0 Å². The molecule has 0 saturated carbocycles. The molecule has 8 N–H and O–H groups in total. The number of benzene rings is 4. The number of aliphatic hydroxyl groups excluding tert-OH is 1. The highest BCUT2D eigenvalue weighted by Gasteiger charge is 2.38. The number of halogens is 9. The van der Waals surface area contributed by atoms with Crippen LogP contribution in [0.15, 0.2) is 101 Å². The predicted molar refractivity (Wildman–Crippen MR) is 222 cm³/mol. The fraction of sp³-hybridized carbons (Fsp3) is 0.190. The third-order valence-electron chi connectivity index (χ3n) is 9.94. The number of primary amides is 1. The van der Waals surface area contributed by atoms with Gasteiger partial charge in [0.2, 0.25) is 20.0 Å². The van der Waals surface area contributed by atoms with Crippen LogP contribution in [0.1, 0.15) is 54.6 Å². The zero-order valence-corrected chi connectivity index (χ0v) is 35.9. The topological polar surface area (TPSA) is 223 Å². The first kappa shape index (κ1) is 50.5. The van der Waals surface area contributed by atoms with Gasteiger partial charge in [-0.1, -0.05) is 12.1 Å². The van der Waals surface area contributed by atoms with Gasteiger partial charge in [0.05, 0.1) is 50.1 Å².